The largest absolute Gasteiger partial charge is 0.459 e. The zero-order valence-electron chi connectivity index (χ0n) is 16.2. The molecule has 0 bridgehead atoms. The quantitative estimate of drug-likeness (QED) is 0.451. The Morgan fingerprint density at radius 2 is 1.76 bits per heavy atom. The number of rotatable bonds is 5. The predicted octanol–water partition coefficient (Wildman–Crippen LogP) is 4.74. The van der Waals surface area contributed by atoms with Gasteiger partial charge in [0, 0.05) is 4.88 Å². The second kappa shape index (κ2) is 8.01. The maximum absolute atomic E-state index is 13.1. The lowest BCUT2D eigenvalue weighted by Crippen LogP contribution is -2.31. The van der Waals surface area contributed by atoms with E-state index in [9.17, 15) is 9.59 Å². The molecule has 0 aliphatic carbocycles. The molecule has 5 nitrogen and oxygen atoms in total. The van der Waals surface area contributed by atoms with E-state index < -0.39 is 12.0 Å². The normalized spacial score (nSPS) is 12.1. The van der Waals surface area contributed by atoms with Crippen molar-refractivity contribution in [2.75, 3.05) is 0 Å². The van der Waals surface area contributed by atoms with E-state index in [0.29, 0.717) is 16.0 Å². The Kier molecular flexibility index (Phi) is 5.27. The number of aromatic nitrogens is 2. The molecule has 0 aliphatic heterocycles. The molecule has 2 aromatic carbocycles. The van der Waals surface area contributed by atoms with Crippen molar-refractivity contribution in [3.05, 3.63) is 88.5 Å². The summed E-state index contributed by atoms with van der Waals surface area (Å²) < 4.78 is 6.83. The Labute approximate surface area is 172 Å². The molecule has 0 spiro atoms. The van der Waals surface area contributed by atoms with Crippen LogP contribution in [0.5, 0.6) is 0 Å². The molecule has 2 aromatic heterocycles. The average Bonchev–Trinajstić information content (AvgIpc) is 3.17. The summed E-state index contributed by atoms with van der Waals surface area (Å²) in [6, 6.07) is 20.4. The van der Waals surface area contributed by atoms with Crippen molar-refractivity contribution in [2.24, 2.45) is 0 Å². The molecule has 0 amide bonds. The molecule has 4 rings (SSSR count). The van der Waals surface area contributed by atoms with Crippen LogP contribution < -0.4 is 5.56 Å². The number of carbonyl (C=O) groups excluding carboxylic acids is 1. The zero-order valence-corrected chi connectivity index (χ0v) is 17.0. The smallest absolute Gasteiger partial charge is 0.329 e. The van der Waals surface area contributed by atoms with Gasteiger partial charge in [-0.3, -0.25) is 9.36 Å². The van der Waals surface area contributed by atoms with Gasteiger partial charge in [-0.1, -0.05) is 60.7 Å². The van der Waals surface area contributed by atoms with Gasteiger partial charge in [0.2, 0.25) is 0 Å². The lowest BCUT2D eigenvalue weighted by Gasteiger charge is -2.16. The highest BCUT2D eigenvalue weighted by Gasteiger charge is 2.22. The SMILES string of the molecule is Cc1nc2sc(-c3ccccc3)cc2c(=O)n1C(C)C(=O)OCc1ccccc1. The van der Waals surface area contributed by atoms with Crippen LogP contribution in [-0.4, -0.2) is 15.5 Å². The molecule has 0 aliphatic rings. The van der Waals surface area contributed by atoms with Gasteiger partial charge >= 0.3 is 5.97 Å². The van der Waals surface area contributed by atoms with Crippen LogP contribution in [0.2, 0.25) is 0 Å². The Bertz CT molecular complexity index is 1210. The van der Waals surface area contributed by atoms with Crippen molar-refractivity contribution in [1.29, 1.82) is 0 Å². The van der Waals surface area contributed by atoms with Crippen LogP contribution in [0, 0.1) is 6.92 Å². The van der Waals surface area contributed by atoms with Crippen molar-refractivity contribution in [3.63, 3.8) is 0 Å². The summed E-state index contributed by atoms with van der Waals surface area (Å²) in [6.45, 7) is 3.58. The van der Waals surface area contributed by atoms with Crippen LogP contribution in [0.3, 0.4) is 0 Å². The molecule has 0 N–H and O–H groups in total. The van der Waals surface area contributed by atoms with E-state index in [1.165, 1.54) is 15.9 Å². The van der Waals surface area contributed by atoms with Gasteiger partial charge in [-0.05, 0) is 31.0 Å². The van der Waals surface area contributed by atoms with Gasteiger partial charge in [0.1, 0.15) is 23.3 Å². The highest BCUT2D eigenvalue weighted by molar-refractivity contribution is 7.21. The zero-order chi connectivity index (χ0) is 20.4. The first-order chi connectivity index (χ1) is 14.0. The van der Waals surface area contributed by atoms with Crippen LogP contribution in [0.1, 0.15) is 24.4 Å². The van der Waals surface area contributed by atoms with Crippen molar-refractivity contribution < 1.29 is 9.53 Å². The molecule has 0 radical (unpaired) electrons. The van der Waals surface area contributed by atoms with Crippen LogP contribution in [0.25, 0.3) is 20.7 Å². The first kappa shape index (κ1) is 19.1. The predicted molar refractivity (Wildman–Crippen MR) is 115 cm³/mol. The monoisotopic (exact) mass is 404 g/mol. The first-order valence-corrected chi connectivity index (χ1v) is 10.1. The highest BCUT2D eigenvalue weighted by atomic mass is 32.1. The van der Waals surface area contributed by atoms with Crippen LogP contribution >= 0.6 is 11.3 Å². The van der Waals surface area contributed by atoms with Gasteiger partial charge in [0.15, 0.2) is 0 Å². The van der Waals surface area contributed by atoms with E-state index >= 15 is 0 Å². The summed E-state index contributed by atoms with van der Waals surface area (Å²) in [5, 5.41) is 0.516. The van der Waals surface area contributed by atoms with Gasteiger partial charge in [-0.2, -0.15) is 0 Å². The lowest BCUT2D eigenvalue weighted by atomic mass is 10.2. The van der Waals surface area contributed by atoms with E-state index in [1.807, 2.05) is 66.7 Å². The van der Waals surface area contributed by atoms with Crippen molar-refractivity contribution in [3.8, 4) is 10.4 Å². The summed E-state index contributed by atoms with van der Waals surface area (Å²) in [6.07, 6.45) is 0. The number of nitrogens with zero attached hydrogens (tertiary/aromatic N) is 2. The number of aryl methyl sites for hydroxylation is 1. The summed E-state index contributed by atoms with van der Waals surface area (Å²) in [4.78, 5) is 31.9. The average molecular weight is 404 g/mol. The van der Waals surface area contributed by atoms with Crippen LogP contribution in [-0.2, 0) is 16.1 Å². The molecular weight excluding hydrogens is 384 g/mol. The summed E-state index contributed by atoms with van der Waals surface area (Å²) in [5.74, 6) is 0.0341. The number of esters is 1. The van der Waals surface area contributed by atoms with E-state index in [1.54, 1.807) is 13.8 Å². The number of ether oxygens (including phenoxy) is 1. The summed E-state index contributed by atoms with van der Waals surface area (Å²) in [5.41, 5.74) is 1.71. The molecule has 4 aromatic rings. The Hall–Kier alpha value is -3.25. The van der Waals surface area contributed by atoms with Crippen molar-refractivity contribution in [2.45, 2.75) is 26.5 Å². The second-order valence-corrected chi connectivity index (χ2v) is 7.83. The molecule has 0 saturated heterocycles. The van der Waals surface area contributed by atoms with Crippen molar-refractivity contribution >= 4 is 27.5 Å². The standard InChI is InChI=1S/C23H20N2O3S/c1-15(23(27)28-14-17-9-5-3-6-10-17)25-16(2)24-21-19(22(25)26)13-20(29-21)18-11-7-4-8-12-18/h3-13,15H,14H2,1-2H3. The number of carbonyl (C=O) groups is 1. The minimum atomic E-state index is -0.761. The number of benzene rings is 2. The van der Waals surface area contributed by atoms with Gasteiger partial charge in [0.05, 0.1) is 5.39 Å². The molecule has 29 heavy (non-hydrogen) atoms. The van der Waals surface area contributed by atoms with Gasteiger partial charge in [-0.25, -0.2) is 9.78 Å². The number of thiophene rings is 1. The minimum Gasteiger partial charge on any atom is -0.459 e. The summed E-state index contributed by atoms with van der Waals surface area (Å²) >= 11 is 1.47. The third-order valence-electron chi connectivity index (χ3n) is 4.78. The molecule has 1 atom stereocenters. The maximum atomic E-state index is 13.1. The number of hydrogen-bond donors (Lipinski definition) is 0. The van der Waals surface area contributed by atoms with E-state index in [-0.39, 0.29) is 12.2 Å². The Morgan fingerprint density at radius 1 is 1.10 bits per heavy atom. The minimum absolute atomic E-state index is 0.171. The molecule has 0 saturated carbocycles. The van der Waals surface area contributed by atoms with Gasteiger partial charge in [0.25, 0.3) is 5.56 Å². The van der Waals surface area contributed by atoms with Gasteiger partial charge in [-0.15, -0.1) is 11.3 Å². The number of hydrogen-bond acceptors (Lipinski definition) is 5. The fourth-order valence-electron chi connectivity index (χ4n) is 3.25. The highest BCUT2D eigenvalue weighted by Crippen LogP contribution is 2.31. The third-order valence-corrected chi connectivity index (χ3v) is 5.86. The van der Waals surface area contributed by atoms with E-state index in [2.05, 4.69) is 4.98 Å². The lowest BCUT2D eigenvalue weighted by molar-refractivity contribution is -0.148. The van der Waals surface area contributed by atoms with E-state index in [0.717, 1.165) is 16.0 Å². The van der Waals surface area contributed by atoms with Crippen LogP contribution in [0.15, 0.2) is 71.5 Å². The maximum Gasteiger partial charge on any atom is 0.329 e. The fraction of sp³-hybridized carbons (Fsp3) is 0.174. The van der Waals surface area contributed by atoms with E-state index in [4.69, 9.17) is 4.74 Å². The van der Waals surface area contributed by atoms with Crippen molar-refractivity contribution in [1.82, 2.24) is 9.55 Å². The molecule has 146 valence electrons. The van der Waals surface area contributed by atoms with Crippen LogP contribution in [0.4, 0.5) is 0 Å². The fourth-order valence-corrected chi connectivity index (χ4v) is 4.32. The topological polar surface area (TPSA) is 61.2 Å². The van der Waals surface area contributed by atoms with Gasteiger partial charge < -0.3 is 4.74 Å². The molecule has 1 unspecified atom stereocenters. The Balaban J connectivity index is 1.64. The molecule has 6 heteroatoms. The number of fused-ring (bicyclic) bond motifs is 1. The first-order valence-electron chi connectivity index (χ1n) is 9.33. The molecule has 0 fully saturated rings. The third kappa shape index (κ3) is 3.84. The Morgan fingerprint density at radius 3 is 2.45 bits per heavy atom. The molecule has 2 heterocycles. The summed E-state index contributed by atoms with van der Waals surface area (Å²) in [7, 11) is 0. The second-order valence-electron chi connectivity index (χ2n) is 6.80. The molecular formula is C23H20N2O3S.